The Balaban J connectivity index is 1.52. The van der Waals surface area contributed by atoms with E-state index in [9.17, 15) is 4.79 Å². The Bertz CT molecular complexity index is 736. The van der Waals surface area contributed by atoms with Crippen LogP contribution in [0, 0.1) is 19.8 Å². The second-order valence-electron chi connectivity index (χ2n) is 7.43. The van der Waals surface area contributed by atoms with Crippen LogP contribution >= 0.6 is 0 Å². The number of piperidine rings is 1. The van der Waals surface area contributed by atoms with Crippen LogP contribution in [0.5, 0.6) is 0 Å². The Morgan fingerprint density at radius 2 is 2.04 bits per heavy atom. The third-order valence-electron chi connectivity index (χ3n) is 4.97. The van der Waals surface area contributed by atoms with Crippen molar-refractivity contribution in [3.63, 3.8) is 0 Å². The van der Waals surface area contributed by atoms with E-state index >= 15 is 0 Å². The summed E-state index contributed by atoms with van der Waals surface area (Å²) in [7, 11) is 0. The topological polar surface area (TPSA) is 71.2 Å². The van der Waals surface area contributed by atoms with Gasteiger partial charge in [0.05, 0.1) is 12.8 Å². The van der Waals surface area contributed by atoms with Gasteiger partial charge < -0.3 is 10.0 Å². The molecule has 0 aliphatic carbocycles. The molecule has 3 rings (SSSR count). The molecule has 1 amide bonds. The molecule has 1 atom stereocenters. The van der Waals surface area contributed by atoms with Crippen molar-refractivity contribution in [2.75, 3.05) is 13.1 Å². The van der Waals surface area contributed by atoms with E-state index in [4.69, 9.17) is 5.11 Å². The summed E-state index contributed by atoms with van der Waals surface area (Å²) in [6.07, 6.45) is 5.26. The van der Waals surface area contributed by atoms with E-state index in [1.54, 1.807) is 10.9 Å². The molecule has 1 unspecified atom stereocenters. The summed E-state index contributed by atoms with van der Waals surface area (Å²) in [5.74, 6) is 0.630. The molecule has 140 valence electrons. The first-order valence-corrected chi connectivity index (χ1v) is 9.38. The van der Waals surface area contributed by atoms with Gasteiger partial charge in [-0.05, 0) is 44.6 Å². The molecule has 1 fully saturated rings. The molecule has 0 bridgehead atoms. The zero-order valence-electron chi connectivity index (χ0n) is 15.7. The number of aromatic nitrogens is 3. The summed E-state index contributed by atoms with van der Waals surface area (Å²) in [5, 5.41) is 17.1. The second kappa shape index (κ2) is 8.45. The van der Waals surface area contributed by atoms with Crippen molar-refractivity contribution in [2.45, 2.75) is 52.7 Å². The first kappa shape index (κ1) is 18.6. The lowest BCUT2D eigenvalue weighted by atomic mass is 9.97. The lowest BCUT2D eigenvalue weighted by molar-refractivity contribution is -0.133. The highest BCUT2D eigenvalue weighted by Crippen LogP contribution is 2.20. The Morgan fingerprint density at radius 1 is 1.27 bits per heavy atom. The molecule has 1 aliphatic rings. The minimum absolute atomic E-state index is 0.0896. The minimum Gasteiger partial charge on any atom is -0.390 e. The van der Waals surface area contributed by atoms with E-state index in [0.717, 1.165) is 38.9 Å². The van der Waals surface area contributed by atoms with Crippen LogP contribution in [0.2, 0.25) is 0 Å². The van der Waals surface area contributed by atoms with Crippen molar-refractivity contribution >= 4 is 5.91 Å². The fourth-order valence-electron chi connectivity index (χ4n) is 3.83. The summed E-state index contributed by atoms with van der Waals surface area (Å²) in [6, 6.07) is 6.50. The number of hydrogen-bond acceptors (Lipinski definition) is 4. The van der Waals surface area contributed by atoms with Gasteiger partial charge in [-0.15, -0.1) is 5.10 Å². The van der Waals surface area contributed by atoms with Crippen LogP contribution in [0.4, 0.5) is 0 Å². The van der Waals surface area contributed by atoms with Crippen LogP contribution in [0.25, 0.3) is 0 Å². The average Bonchev–Trinajstić information content (AvgIpc) is 3.06. The maximum Gasteiger partial charge on any atom is 0.222 e. The lowest BCUT2D eigenvalue weighted by Crippen LogP contribution is -2.41. The summed E-state index contributed by atoms with van der Waals surface area (Å²) in [4.78, 5) is 14.6. The van der Waals surface area contributed by atoms with E-state index < -0.39 is 0 Å². The molecule has 1 aromatic carbocycles. The maximum absolute atomic E-state index is 12.6. The van der Waals surface area contributed by atoms with Gasteiger partial charge in [-0.1, -0.05) is 34.5 Å². The van der Waals surface area contributed by atoms with Gasteiger partial charge in [0.25, 0.3) is 0 Å². The molecule has 6 heteroatoms. The number of likely N-dealkylation sites (tertiary alicyclic amines) is 1. The van der Waals surface area contributed by atoms with Crippen molar-refractivity contribution in [2.24, 2.45) is 5.92 Å². The molecule has 1 aliphatic heterocycles. The summed E-state index contributed by atoms with van der Waals surface area (Å²) in [5.41, 5.74) is 4.33. The normalized spacial score (nSPS) is 17.5. The Hall–Kier alpha value is -2.21. The molecule has 26 heavy (non-hydrogen) atoms. The van der Waals surface area contributed by atoms with Crippen LogP contribution in [-0.2, 0) is 24.4 Å². The number of hydrogen-bond donors (Lipinski definition) is 1. The molecule has 0 saturated carbocycles. The fourth-order valence-corrected chi connectivity index (χ4v) is 3.83. The number of rotatable bonds is 6. The minimum atomic E-state index is -0.0896. The van der Waals surface area contributed by atoms with Crippen LogP contribution in [0.1, 0.15) is 41.6 Å². The van der Waals surface area contributed by atoms with Crippen molar-refractivity contribution in [3.8, 4) is 0 Å². The monoisotopic (exact) mass is 356 g/mol. The highest BCUT2D eigenvalue weighted by Gasteiger charge is 2.24. The molecule has 1 saturated heterocycles. The first-order chi connectivity index (χ1) is 12.5. The molecule has 1 N–H and O–H groups in total. The molecule has 2 aromatic rings. The van der Waals surface area contributed by atoms with Gasteiger partial charge >= 0.3 is 0 Å². The van der Waals surface area contributed by atoms with Crippen LogP contribution in [-0.4, -0.2) is 44.0 Å². The largest absolute Gasteiger partial charge is 0.390 e. The third-order valence-corrected chi connectivity index (χ3v) is 4.97. The van der Waals surface area contributed by atoms with Crippen molar-refractivity contribution in [1.82, 2.24) is 19.9 Å². The fraction of sp³-hybridized carbons (Fsp3) is 0.550. The van der Waals surface area contributed by atoms with E-state index in [0.29, 0.717) is 18.0 Å². The number of nitrogens with zero attached hydrogens (tertiary/aromatic N) is 4. The van der Waals surface area contributed by atoms with Gasteiger partial charge in [0, 0.05) is 26.1 Å². The Morgan fingerprint density at radius 3 is 2.73 bits per heavy atom. The van der Waals surface area contributed by atoms with E-state index in [1.807, 2.05) is 4.90 Å². The Labute approximate surface area is 154 Å². The molecule has 0 radical (unpaired) electrons. The van der Waals surface area contributed by atoms with Crippen LogP contribution in [0.15, 0.2) is 24.4 Å². The van der Waals surface area contributed by atoms with Crippen molar-refractivity contribution in [1.29, 1.82) is 0 Å². The predicted molar refractivity (Wildman–Crippen MR) is 99.5 cm³/mol. The zero-order valence-corrected chi connectivity index (χ0v) is 15.7. The van der Waals surface area contributed by atoms with Gasteiger partial charge in [-0.25, -0.2) is 0 Å². The number of benzene rings is 1. The van der Waals surface area contributed by atoms with Gasteiger partial charge in [0.1, 0.15) is 5.69 Å². The maximum atomic E-state index is 12.6. The van der Waals surface area contributed by atoms with Gasteiger partial charge in [0.2, 0.25) is 5.91 Å². The molecule has 0 spiro atoms. The summed E-state index contributed by atoms with van der Waals surface area (Å²) in [6.45, 7) is 6.47. The summed E-state index contributed by atoms with van der Waals surface area (Å²) >= 11 is 0. The van der Waals surface area contributed by atoms with Gasteiger partial charge in [-0.2, -0.15) is 0 Å². The number of amides is 1. The van der Waals surface area contributed by atoms with E-state index in [-0.39, 0.29) is 12.5 Å². The van der Waals surface area contributed by atoms with Gasteiger partial charge in [-0.3, -0.25) is 9.48 Å². The van der Waals surface area contributed by atoms with E-state index in [1.165, 1.54) is 16.7 Å². The molecular weight excluding hydrogens is 328 g/mol. The van der Waals surface area contributed by atoms with Crippen molar-refractivity contribution < 1.29 is 9.90 Å². The number of aliphatic hydroxyl groups excluding tert-OH is 1. The molecule has 6 nitrogen and oxygen atoms in total. The number of carbonyl (C=O) groups excluding carboxylic acids is 1. The highest BCUT2D eigenvalue weighted by molar-refractivity contribution is 5.76. The quantitative estimate of drug-likeness (QED) is 0.862. The smallest absolute Gasteiger partial charge is 0.222 e. The number of aryl methyl sites for hydroxylation is 3. The zero-order chi connectivity index (χ0) is 18.5. The van der Waals surface area contributed by atoms with E-state index in [2.05, 4.69) is 42.4 Å². The Kier molecular flexibility index (Phi) is 6.04. The van der Waals surface area contributed by atoms with Crippen molar-refractivity contribution in [3.05, 3.63) is 46.8 Å². The van der Waals surface area contributed by atoms with Crippen LogP contribution in [0.3, 0.4) is 0 Å². The molecule has 2 heterocycles. The number of carbonyl (C=O) groups is 1. The average molecular weight is 356 g/mol. The molecular formula is C20H28N4O2. The van der Waals surface area contributed by atoms with Gasteiger partial charge in [0.15, 0.2) is 0 Å². The van der Waals surface area contributed by atoms with Crippen LogP contribution < -0.4 is 0 Å². The third kappa shape index (κ3) is 4.91. The first-order valence-electron chi connectivity index (χ1n) is 9.38. The molecule has 1 aromatic heterocycles. The summed E-state index contributed by atoms with van der Waals surface area (Å²) < 4.78 is 1.78. The predicted octanol–water partition coefficient (Wildman–Crippen LogP) is 2.26. The second-order valence-corrected chi connectivity index (χ2v) is 7.43. The standard InChI is InChI=1S/C20H28N4O2/c1-15-8-16(2)10-17(9-15)5-6-20(26)23-7-3-4-18(11-23)12-24-13-19(14-25)21-22-24/h8-10,13,18,25H,3-7,11-12,14H2,1-2H3. The number of aliphatic hydroxyl groups is 1. The lowest BCUT2D eigenvalue weighted by Gasteiger charge is -2.32. The highest BCUT2D eigenvalue weighted by atomic mass is 16.3. The SMILES string of the molecule is Cc1cc(C)cc(CCC(=O)N2CCCC(Cn3cc(CO)nn3)C2)c1.